The monoisotopic (exact) mass is 428 g/mol. The Labute approximate surface area is 171 Å². The Kier molecular flexibility index (Phi) is 8.36. The highest BCUT2D eigenvalue weighted by Gasteiger charge is 2.35. The van der Waals surface area contributed by atoms with Gasteiger partial charge in [-0.1, -0.05) is 24.3 Å². The number of carbonyl (C=O) groups is 1. The predicted octanol–water partition coefficient (Wildman–Crippen LogP) is 3.99. The van der Waals surface area contributed by atoms with Gasteiger partial charge in [0.2, 0.25) is 0 Å². The van der Waals surface area contributed by atoms with Crippen LogP contribution < -0.4 is 5.32 Å². The molecule has 0 aliphatic carbocycles. The van der Waals surface area contributed by atoms with Crippen LogP contribution in [0.25, 0.3) is 5.57 Å². The van der Waals surface area contributed by atoms with Gasteiger partial charge >= 0.3 is 12.1 Å². The van der Waals surface area contributed by atoms with E-state index in [1.165, 1.54) is 18.6 Å². The second-order valence-corrected chi connectivity index (χ2v) is 7.30. The highest BCUT2D eigenvalue weighted by Crippen LogP contribution is 2.32. The summed E-state index contributed by atoms with van der Waals surface area (Å²) < 4.78 is 42.2. The maximum Gasteiger partial charge on any atom is 0.443 e. The third-order valence-electron chi connectivity index (χ3n) is 4.21. The summed E-state index contributed by atoms with van der Waals surface area (Å²) in [4.78, 5) is 14.7. The van der Waals surface area contributed by atoms with Gasteiger partial charge in [0.05, 0.1) is 12.8 Å². The summed E-state index contributed by atoms with van der Waals surface area (Å²) in [7, 11) is 1.33. The molecule has 1 aromatic carbocycles. The molecule has 29 heavy (non-hydrogen) atoms. The maximum absolute atomic E-state index is 12.5. The smallest absolute Gasteiger partial charge is 0.443 e. The van der Waals surface area contributed by atoms with Gasteiger partial charge in [0, 0.05) is 18.0 Å². The third kappa shape index (κ3) is 7.26. The quantitative estimate of drug-likeness (QED) is 0.359. The summed E-state index contributed by atoms with van der Waals surface area (Å²) >= 11 is 0.480. The molecular weight excluding hydrogens is 405 g/mol. The van der Waals surface area contributed by atoms with Crippen LogP contribution in [0, 0.1) is 0 Å². The molecule has 9 heteroatoms. The number of ether oxygens (including phenoxy) is 1. The van der Waals surface area contributed by atoms with Gasteiger partial charge in [0.25, 0.3) is 0 Å². The van der Waals surface area contributed by atoms with E-state index in [1.54, 1.807) is 0 Å². The first kappa shape index (κ1) is 23.1. The average Bonchev–Trinajstić information content (AvgIpc) is 3.18. The van der Waals surface area contributed by atoms with Crippen molar-refractivity contribution in [3.05, 3.63) is 57.6 Å². The van der Waals surface area contributed by atoms with E-state index in [0.717, 1.165) is 29.5 Å². The molecular formula is C20H23F3N2O3S. The van der Waals surface area contributed by atoms with E-state index in [1.807, 2.05) is 31.2 Å². The van der Waals surface area contributed by atoms with Crippen LogP contribution in [0.3, 0.4) is 0 Å². The van der Waals surface area contributed by atoms with Crippen LogP contribution in [-0.4, -0.2) is 36.3 Å². The molecule has 0 aliphatic heterocycles. The Bertz CT molecular complexity index is 832. The Morgan fingerprint density at radius 3 is 2.62 bits per heavy atom. The molecule has 0 amide bonds. The van der Waals surface area contributed by atoms with Crippen molar-refractivity contribution in [2.75, 3.05) is 20.2 Å². The van der Waals surface area contributed by atoms with Crippen molar-refractivity contribution in [2.24, 2.45) is 0 Å². The minimum absolute atomic E-state index is 0.0285. The minimum atomic E-state index is -4.49. The van der Waals surface area contributed by atoms with Crippen molar-refractivity contribution >= 4 is 22.9 Å². The predicted molar refractivity (Wildman–Crippen MR) is 105 cm³/mol. The minimum Gasteiger partial charge on any atom is -0.466 e. The zero-order valence-corrected chi connectivity index (χ0v) is 16.9. The molecule has 5 nitrogen and oxygen atoms in total. The van der Waals surface area contributed by atoms with Crippen LogP contribution in [0.1, 0.15) is 41.3 Å². The van der Waals surface area contributed by atoms with Crippen LogP contribution in [0.2, 0.25) is 0 Å². The molecule has 158 valence electrons. The van der Waals surface area contributed by atoms with E-state index >= 15 is 0 Å². The number of alkyl halides is 3. The Morgan fingerprint density at radius 2 is 2.03 bits per heavy atom. The number of nitrogens with one attached hydrogen (secondary N) is 1. The summed E-state index contributed by atoms with van der Waals surface area (Å²) in [5.41, 5.74) is 2.90. The number of rotatable bonds is 9. The number of benzene rings is 1. The molecule has 1 aromatic heterocycles. The molecule has 1 atom stereocenters. The van der Waals surface area contributed by atoms with Gasteiger partial charge in [0.15, 0.2) is 5.01 Å². The molecule has 0 fully saturated rings. The van der Waals surface area contributed by atoms with Gasteiger partial charge in [-0.05, 0) is 43.0 Å². The molecule has 2 N–H and O–H groups in total. The molecule has 0 radical (unpaired) electrons. The number of methoxy groups -OCH3 is 1. The van der Waals surface area contributed by atoms with E-state index in [0.29, 0.717) is 17.9 Å². The first-order valence-electron chi connectivity index (χ1n) is 8.97. The molecule has 0 spiro atoms. The molecule has 2 rings (SSSR count). The van der Waals surface area contributed by atoms with Crippen LogP contribution in [0.5, 0.6) is 0 Å². The molecule has 1 unspecified atom stereocenters. The van der Waals surface area contributed by atoms with Crippen molar-refractivity contribution in [1.29, 1.82) is 0 Å². The van der Waals surface area contributed by atoms with E-state index in [-0.39, 0.29) is 12.2 Å². The lowest BCUT2D eigenvalue weighted by atomic mass is 10.0. The standard InChI is InChI=1S/C20H23F3N2O3S/c1-13(10-18(27)28-2)15-7-5-14(6-8-15)4-3-9-24-11-17(26)16-12-29-19(25-16)20(21,22)23/h5-8,10,12,17,24,26H,3-4,9,11H2,1-2H3. The van der Waals surface area contributed by atoms with Crippen LogP contribution in [0.4, 0.5) is 13.2 Å². The lowest BCUT2D eigenvalue weighted by Gasteiger charge is -2.10. The zero-order chi connectivity index (χ0) is 21.4. The normalized spacial score (nSPS) is 13.4. The molecule has 0 aliphatic rings. The lowest BCUT2D eigenvalue weighted by molar-refractivity contribution is -0.138. The summed E-state index contributed by atoms with van der Waals surface area (Å²) in [6, 6.07) is 7.82. The van der Waals surface area contributed by atoms with E-state index in [9.17, 15) is 23.1 Å². The van der Waals surface area contributed by atoms with E-state index < -0.39 is 23.3 Å². The molecule has 0 saturated heterocycles. The second kappa shape index (κ2) is 10.5. The molecule has 0 bridgehead atoms. The maximum atomic E-state index is 12.5. The SMILES string of the molecule is COC(=O)C=C(C)c1ccc(CCCNCC(O)c2csc(C(F)(F)F)n2)cc1. The fraction of sp³-hybridized carbons (Fsp3) is 0.400. The topological polar surface area (TPSA) is 71.5 Å². The largest absolute Gasteiger partial charge is 0.466 e. The van der Waals surface area contributed by atoms with Gasteiger partial charge in [-0.2, -0.15) is 13.2 Å². The number of nitrogens with zero attached hydrogens (tertiary/aromatic N) is 1. The van der Waals surface area contributed by atoms with Crippen LogP contribution >= 0.6 is 11.3 Å². The Balaban J connectivity index is 1.73. The van der Waals surface area contributed by atoms with E-state index in [2.05, 4.69) is 15.0 Å². The highest BCUT2D eigenvalue weighted by atomic mass is 32.1. The fourth-order valence-electron chi connectivity index (χ4n) is 2.58. The first-order valence-corrected chi connectivity index (χ1v) is 9.85. The average molecular weight is 428 g/mol. The number of carbonyl (C=O) groups excluding carboxylic acids is 1. The summed E-state index contributed by atoms with van der Waals surface area (Å²) in [5.74, 6) is -0.396. The summed E-state index contributed by atoms with van der Waals surface area (Å²) in [5, 5.41) is 13.3. The molecule has 1 heterocycles. The number of allylic oxidation sites excluding steroid dienone is 1. The number of aliphatic hydroxyl groups excluding tert-OH is 1. The van der Waals surface area contributed by atoms with Gasteiger partial charge in [0.1, 0.15) is 6.10 Å². The molecule has 0 saturated carbocycles. The van der Waals surface area contributed by atoms with Crippen molar-refractivity contribution in [3.8, 4) is 0 Å². The second-order valence-electron chi connectivity index (χ2n) is 6.45. The Hall–Kier alpha value is -2.23. The van der Waals surface area contributed by atoms with E-state index in [4.69, 9.17) is 0 Å². The summed E-state index contributed by atoms with van der Waals surface area (Å²) in [6.45, 7) is 2.58. The fourth-order valence-corrected chi connectivity index (χ4v) is 3.32. The van der Waals surface area contributed by atoms with Crippen molar-refractivity contribution in [2.45, 2.75) is 32.0 Å². The van der Waals surface area contributed by atoms with Crippen molar-refractivity contribution < 1.29 is 27.8 Å². The Morgan fingerprint density at radius 1 is 1.34 bits per heavy atom. The number of aryl methyl sites for hydroxylation is 1. The van der Waals surface area contributed by atoms with Gasteiger partial charge < -0.3 is 15.2 Å². The number of aliphatic hydroxyl groups is 1. The first-order chi connectivity index (χ1) is 13.7. The number of hydrogen-bond donors (Lipinski definition) is 2. The van der Waals surface area contributed by atoms with Crippen molar-refractivity contribution in [1.82, 2.24) is 10.3 Å². The molecule has 2 aromatic rings. The highest BCUT2D eigenvalue weighted by molar-refractivity contribution is 7.09. The third-order valence-corrected chi connectivity index (χ3v) is 5.11. The van der Waals surface area contributed by atoms with Crippen LogP contribution in [0.15, 0.2) is 35.7 Å². The number of aromatic nitrogens is 1. The number of halogens is 3. The number of hydrogen-bond acceptors (Lipinski definition) is 6. The van der Waals surface area contributed by atoms with Gasteiger partial charge in [-0.25, -0.2) is 9.78 Å². The zero-order valence-electron chi connectivity index (χ0n) is 16.1. The number of thiazole rings is 1. The lowest BCUT2D eigenvalue weighted by Crippen LogP contribution is -2.23. The van der Waals surface area contributed by atoms with Crippen molar-refractivity contribution in [3.63, 3.8) is 0 Å². The van der Waals surface area contributed by atoms with Gasteiger partial charge in [-0.3, -0.25) is 0 Å². The number of esters is 1. The van der Waals surface area contributed by atoms with Crippen LogP contribution in [-0.2, 0) is 22.1 Å². The summed E-state index contributed by atoms with van der Waals surface area (Å²) in [6.07, 6.45) is -2.53. The van der Waals surface area contributed by atoms with Gasteiger partial charge in [-0.15, -0.1) is 11.3 Å².